The van der Waals surface area contributed by atoms with Crippen molar-refractivity contribution < 1.29 is 13.2 Å². The number of benzene rings is 1. The first-order chi connectivity index (χ1) is 10.0. The average molecular weight is 296 g/mol. The molecule has 1 aromatic heterocycles. The third kappa shape index (κ3) is 3.23. The normalized spacial score (nSPS) is 23.6. The summed E-state index contributed by atoms with van der Waals surface area (Å²) in [7, 11) is 0. The minimum Gasteiger partial charge on any atom is -0.361 e. The zero-order valence-electron chi connectivity index (χ0n) is 11.7. The molecule has 0 saturated heterocycles. The van der Waals surface area contributed by atoms with Crippen molar-refractivity contribution in [3.63, 3.8) is 0 Å². The van der Waals surface area contributed by atoms with Crippen LogP contribution in [0.1, 0.15) is 31.2 Å². The molecule has 5 heteroatoms. The summed E-state index contributed by atoms with van der Waals surface area (Å²) in [5.74, 6) is -1.21. The van der Waals surface area contributed by atoms with E-state index in [-0.39, 0.29) is 6.42 Å². The third-order valence-electron chi connectivity index (χ3n) is 4.37. The zero-order valence-corrected chi connectivity index (χ0v) is 11.7. The summed E-state index contributed by atoms with van der Waals surface area (Å²) in [6.45, 7) is 0.478. The van der Waals surface area contributed by atoms with Crippen LogP contribution in [0.4, 0.5) is 13.2 Å². The van der Waals surface area contributed by atoms with Crippen LogP contribution in [0.5, 0.6) is 0 Å². The van der Waals surface area contributed by atoms with Crippen molar-refractivity contribution in [1.29, 1.82) is 0 Å². The van der Waals surface area contributed by atoms with E-state index in [4.69, 9.17) is 0 Å². The number of hydrogen-bond donors (Lipinski definition) is 2. The van der Waals surface area contributed by atoms with Crippen molar-refractivity contribution >= 4 is 10.9 Å². The fourth-order valence-corrected chi connectivity index (χ4v) is 3.22. The van der Waals surface area contributed by atoms with Gasteiger partial charge in [-0.05, 0) is 35.9 Å². The first kappa shape index (κ1) is 14.4. The molecule has 0 aliphatic heterocycles. The number of rotatable bonds is 3. The molecule has 21 heavy (non-hydrogen) atoms. The molecular formula is C16H19F3N2. The standard InChI is InChI=1S/C16H19F3N2/c17-16(18,19)13-3-1-2-4-14(13)21-10-11-5-6-12-7-8-20-15(12)9-11/h5-9,13-14,20-21H,1-4,10H2. The van der Waals surface area contributed by atoms with Crippen molar-refractivity contribution in [2.45, 2.75) is 44.4 Å². The maximum Gasteiger partial charge on any atom is 0.393 e. The Morgan fingerprint density at radius 2 is 1.95 bits per heavy atom. The fourth-order valence-electron chi connectivity index (χ4n) is 3.22. The Kier molecular flexibility index (Phi) is 3.93. The van der Waals surface area contributed by atoms with E-state index in [1.807, 2.05) is 30.5 Å². The molecule has 2 unspecified atom stereocenters. The molecule has 2 aromatic rings. The van der Waals surface area contributed by atoms with Crippen molar-refractivity contribution in [2.75, 3.05) is 0 Å². The molecule has 2 nitrogen and oxygen atoms in total. The topological polar surface area (TPSA) is 27.8 Å². The number of aromatic nitrogens is 1. The molecule has 1 heterocycles. The summed E-state index contributed by atoms with van der Waals surface area (Å²) < 4.78 is 39.1. The van der Waals surface area contributed by atoms with Crippen LogP contribution in [-0.4, -0.2) is 17.2 Å². The largest absolute Gasteiger partial charge is 0.393 e. The van der Waals surface area contributed by atoms with Crippen LogP contribution in [-0.2, 0) is 6.54 Å². The van der Waals surface area contributed by atoms with Gasteiger partial charge in [0.2, 0.25) is 0 Å². The van der Waals surface area contributed by atoms with E-state index in [2.05, 4.69) is 10.3 Å². The van der Waals surface area contributed by atoms with Crippen LogP contribution in [0.25, 0.3) is 10.9 Å². The average Bonchev–Trinajstić information content (AvgIpc) is 2.92. The zero-order chi connectivity index (χ0) is 14.9. The summed E-state index contributed by atoms with van der Waals surface area (Å²) in [5, 5.41) is 4.23. The van der Waals surface area contributed by atoms with Crippen LogP contribution in [0.2, 0.25) is 0 Å². The summed E-state index contributed by atoms with van der Waals surface area (Å²) in [6, 6.07) is 7.47. The van der Waals surface area contributed by atoms with Crippen LogP contribution in [0.15, 0.2) is 30.5 Å². The monoisotopic (exact) mass is 296 g/mol. The highest BCUT2D eigenvalue weighted by molar-refractivity contribution is 5.79. The maximum atomic E-state index is 13.0. The number of aromatic amines is 1. The Hall–Kier alpha value is -1.49. The first-order valence-corrected chi connectivity index (χ1v) is 7.40. The van der Waals surface area contributed by atoms with Crippen LogP contribution in [0, 0.1) is 5.92 Å². The predicted octanol–water partition coefficient (Wildman–Crippen LogP) is 4.38. The van der Waals surface area contributed by atoms with Gasteiger partial charge in [0.05, 0.1) is 5.92 Å². The smallest absolute Gasteiger partial charge is 0.361 e. The molecule has 2 atom stereocenters. The third-order valence-corrected chi connectivity index (χ3v) is 4.37. The molecule has 2 N–H and O–H groups in total. The highest BCUT2D eigenvalue weighted by atomic mass is 19.4. The second-order valence-corrected chi connectivity index (χ2v) is 5.82. The summed E-state index contributed by atoms with van der Waals surface area (Å²) >= 11 is 0. The lowest BCUT2D eigenvalue weighted by atomic mass is 9.84. The Bertz CT molecular complexity index is 603. The lowest BCUT2D eigenvalue weighted by molar-refractivity contribution is -0.189. The highest BCUT2D eigenvalue weighted by Gasteiger charge is 2.45. The highest BCUT2D eigenvalue weighted by Crippen LogP contribution is 2.37. The number of fused-ring (bicyclic) bond motifs is 1. The molecular weight excluding hydrogens is 277 g/mol. The van der Waals surface area contributed by atoms with Crippen molar-refractivity contribution in [3.05, 3.63) is 36.0 Å². The Labute approximate surface area is 121 Å². The molecule has 1 aromatic carbocycles. The molecule has 0 spiro atoms. The molecule has 1 aliphatic rings. The molecule has 0 bridgehead atoms. The van der Waals surface area contributed by atoms with E-state index in [1.54, 1.807) is 0 Å². The fraction of sp³-hybridized carbons (Fsp3) is 0.500. The minimum atomic E-state index is -4.10. The first-order valence-electron chi connectivity index (χ1n) is 7.40. The number of alkyl halides is 3. The van der Waals surface area contributed by atoms with Gasteiger partial charge in [-0.15, -0.1) is 0 Å². The van der Waals surface area contributed by atoms with Gasteiger partial charge in [-0.1, -0.05) is 25.0 Å². The predicted molar refractivity (Wildman–Crippen MR) is 76.9 cm³/mol. The van der Waals surface area contributed by atoms with Crippen LogP contribution >= 0.6 is 0 Å². The van der Waals surface area contributed by atoms with E-state index in [0.717, 1.165) is 22.9 Å². The van der Waals surface area contributed by atoms with E-state index < -0.39 is 18.1 Å². The quantitative estimate of drug-likeness (QED) is 0.864. The number of halogens is 3. The lowest BCUT2D eigenvalue weighted by Gasteiger charge is -2.33. The van der Waals surface area contributed by atoms with Crippen LogP contribution < -0.4 is 5.32 Å². The summed E-state index contributed by atoms with van der Waals surface area (Å²) in [6.07, 6.45) is 0.173. The van der Waals surface area contributed by atoms with E-state index in [9.17, 15) is 13.2 Å². The van der Waals surface area contributed by atoms with Crippen molar-refractivity contribution in [2.24, 2.45) is 5.92 Å². The van der Waals surface area contributed by atoms with Gasteiger partial charge in [0.25, 0.3) is 0 Å². The molecule has 0 amide bonds. The van der Waals surface area contributed by atoms with Gasteiger partial charge in [0.1, 0.15) is 0 Å². The van der Waals surface area contributed by atoms with Crippen molar-refractivity contribution in [3.8, 4) is 0 Å². The molecule has 1 fully saturated rings. The number of hydrogen-bond acceptors (Lipinski definition) is 1. The number of H-pyrrole nitrogens is 1. The second kappa shape index (κ2) is 5.72. The molecule has 1 aliphatic carbocycles. The SMILES string of the molecule is FC(F)(F)C1CCCCC1NCc1ccc2cc[nH]c2c1. The van der Waals surface area contributed by atoms with Gasteiger partial charge in [-0.2, -0.15) is 13.2 Å². The Morgan fingerprint density at radius 1 is 1.14 bits per heavy atom. The summed E-state index contributed by atoms with van der Waals surface area (Å²) in [5.41, 5.74) is 2.03. The van der Waals surface area contributed by atoms with E-state index in [1.165, 1.54) is 0 Å². The van der Waals surface area contributed by atoms with Gasteiger partial charge < -0.3 is 10.3 Å². The molecule has 0 radical (unpaired) electrons. The maximum absolute atomic E-state index is 13.0. The van der Waals surface area contributed by atoms with Gasteiger partial charge in [-0.25, -0.2) is 0 Å². The van der Waals surface area contributed by atoms with Gasteiger partial charge in [0, 0.05) is 24.3 Å². The Morgan fingerprint density at radius 3 is 2.76 bits per heavy atom. The Balaban J connectivity index is 1.67. The van der Waals surface area contributed by atoms with E-state index >= 15 is 0 Å². The molecule has 3 rings (SSSR count). The summed E-state index contributed by atoms with van der Waals surface area (Å²) in [4.78, 5) is 3.12. The molecule has 1 saturated carbocycles. The molecule has 114 valence electrons. The second-order valence-electron chi connectivity index (χ2n) is 5.82. The van der Waals surface area contributed by atoms with Crippen molar-refractivity contribution in [1.82, 2.24) is 10.3 Å². The number of nitrogens with one attached hydrogen (secondary N) is 2. The van der Waals surface area contributed by atoms with E-state index in [0.29, 0.717) is 19.4 Å². The lowest BCUT2D eigenvalue weighted by Crippen LogP contribution is -2.45. The van der Waals surface area contributed by atoms with Gasteiger partial charge >= 0.3 is 6.18 Å². The minimum absolute atomic E-state index is 0.247. The van der Waals surface area contributed by atoms with Gasteiger partial charge in [-0.3, -0.25) is 0 Å². The van der Waals surface area contributed by atoms with Gasteiger partial charge in [0.15, 0.2) is 0 Å². The van der Waals surface area contributed by atoms with Crippen LogP contribution in [0.3, 0.4) is 0 Å².